The molecule has 0 aliphatic rings. The fraction of sp³-hybridized carbons (Fsp3) is 0.571. The van der Waals surface area contributed by atoms with Gasteiger partial charge in [-0.15, -0.1) is 0 Å². The first kappa shape index (κ1) is 12.3. The highest BCUT2D eigenvalue weighted by Crippen LogP contribution is 2.27. The first-order chi connectivity index (χ1) is 7.19. The first-order valence-corrected chi connectivity index (χ1v) is 5.86. The van der Waals surface area contributed by atoms with Gasteiger partial charge in [-0.1, -0.05) is 56.5 Å². The summed E-state index contributed by atoms with van der Waals surface area (Å²) in [6.45, 7) is 6.78. The molecule has 1 aromatic rings. The second-order valence-corrected chi connectivity index (χ2v) is 4.47. The van der Waals surface area contributed by atoms with Crippen LogP contribution in [0.4, 0.5) is 0 Å². The Balaban J connectivity index is 2.82. The van der Waals surface area contributed by atoms with Crippen molar-refractivity contribution >= 4 is 0 Å². The molecule has 1 nitrogen and oxygen atoms in total. The van der Waals surface area contributed by atoms with Crippen LogP contribution in [0.2, 0.25) is 0 Å². The molecule has 0 aliphatic heterocycles. The van der Waals surface area contributed by atoms with Crippen molar-refractivity contribution in [3.05, 3.63) is 35.4 Å². The predicted octanol–water partition coefficient (Wildman–Crippen LogP) is 3.51. The van der Waals surface area contributed by atoms with E-state index in [4.69, 9.17) is 0 Å². The lowest BCUT2D eigenvalue weighted by atomic mass is 9.85. The molecule has 1 rings (SSSR count). The van der Waals surface area contributed by atoms with Gasteiger partial charge in [-0.3, -0.25) is 0 Å². The molecule has 0 bridgehead atoms. The Kier molecular flexibility index (Phi) is 4.83. The second kappa shape index (κ2) is 5.92. The number of aliphatic hydroxyl groups is 1. The zero-order chi connectivity index (χ0) is 11.3. The van der Waals surface area contributed by atoms with Crippen molar-refractivity contribution in [2.75, 3.05) is 6.61 Å². The Morgan fingerprint density at radius 2 is 2.07 bits per heavy atom. The van der Waals surface area contributed by atoms with E-state index in [-0.39, 0.29) is 6.61 Å². The molecule has 0 heterocycles. The van der Waals surface area contributed by atoms with Gasteiger partial charge in [0.05, 0.1) is 6.61 Å². The maximum absolute atomic E-state index is 9.47. The van der Waals surface area contributed by atoms with Gasteiger partial charge in [0.1, 0.15) is 0 Å². The number of rotatable bonds is 5. The average molecular weight is 206 g/mol. The van der Waals surface area contributed by atoms with E-state index < -0.39 is 0 Å². The third kappa shape index (κ3) is 3.35. The summed E-state index contributed by atoms with van der Waals surface area (Å²) in [6.07, 6.45) is 2.36. The summed E-state index contributed by atoms with van der Waals surface area (Å²) in [5.74, 6) is 0.853. The van der Waals surface area contributed by atoms with Crippen LogP contribution in [0.5, 0.6) is 0 Å². The first-order valence-electron chi connectivity index (χ1n) is 5.86. The summed E-state index contributed by atoms with van der Waals surface area (Å²) in [6, 6.07) is 8.49. The molecule has 0 fully saturated rings. The SMILES string of the molecule is CCCC(C)C(CO)c1cccc(C)c1. The minimum absolute atomic E-state index is 0.255. The molecule has 0 radical (unpaired) electrons. The summed E-state index contributed by atoms with van der Waals surface area (Å²) < 4.78 is 0. The van der Waals surface area contributed by atoms with E-state index in [0.717, 1.165) is 0 Å². The molecule has 1 aromatic carbocycles. The van der Waals surface area contributed by atoms with Gasteiger partial charge in [-0.05, 0) is 18.4 Å². The maximum atomic E-state index is 9.47. The van der Waals surface area contributed by atoms with Crippen molar-refractivity contribution in [1.29, 1.82) is 0 Å². The third-order valence-electron chi connectivity index (χ3n) is 3.10. The molecule has 0 spiro atoms. The van der Waals surface area contributed by atoms with Gasteiger partial charge in [-0.25, -0.2) is 0 Å². The van der Waals surface area contributed by atoms with E-state index in [2.05, 4.69) is 45.0 Å². The van der Waals surface area contributed by atoms with E-state index in [0.29, 0.717) is 11.8 Å². The van der Waals surface area contributed by atoms with Crippen LogP contribution >= 0.6 is 0 Å². The summed E-state index contributed by atoms with van der Waals surface area (Å²) >= 11 is 0. The lowest BCUT2D eigenvalue weighted by Gasteiger charge is -2.22. The van der Waals surface area contributed by atoms with Crippen LogP contribution in [0, 0.1) is 12.8 Å². The van der Waals surface area contributed by atoms with Gasteiger partial charge in [0.15, 0.2) is 0 Å². The molecule has 2 unspecified atom stereocenters. The van der Waals surface area contributed by atoms with Crippen molar-refractivity contribution < 1.29 is 5.11 Å². The van der Waals surface area contributed by atoms with Crippen LogP contribution in [0.15, 0.2) is 24.3 Å². The highest BCUT2D eigenvalue weighted by molar-refractivity contribution is 5.26. The number of benzene rings is 1. The lowest BCUT2D eigenvalue weighted by molar-refractivity contribution is 0.226. The third-order valence-corrected chi connectivity index (χ3v) is 3.10. The molecule has 84 valence electrons. The van der Waals surface area contributed by atoms with Crippen LogP contribution in [0.1, 0.15) is 43.7 Å². The number of aryl methyl sites for hydroxylation is 1. The van der Waals surface area contributed by atoms with Gasteiger partial charge < -0.3 is 5.11 Å². The maximum Gasteiger partial charge on any atom is 0.0502 e. The van der Waals surface area contributed by atoms with Crippen molar-refractivity contribution in [3.63, 3.8) is 0 Å². The zero-order valence-corrected chi connectivity index (χ0v) is 10.0. The van der Waals surface area contributed by atoms with Crippen LogP contribution in [-0.2, 0) is 0 Å². The Morgan fingerprint density at radius 3 is 2.60 bits per heavy atom. The standard InChI is InChI=1S/C14H22O/c1-4-6-12(3)14(10-15)13-8-5-7-11(2)9-13/h5,7-9,12,14-15H,4,6,10H2,1-3H3. The van der Waals surface area contributed by atoms with Crippen LogP contribution in [-0.4, -0.2) is 11.7 Å². The Hall–Kier alpha value is -0.820. The van der Waals surface area contributed by atoms with Crippen LogP contribution in [0.3, 0.4) is 0 Å². The summed E-state index contributed by atoms with van der Waals surface area (Å²) in [7, 11) is 0. The zero-order valence-electron chi connectivity index (χ0n) is 10.0. The number of hydrogen-bond acceptors (Lipinski definition) is 1. The molecule has 0 saturated carbocycles. The molecule has 0 aromatic heterocycles. The van der Waals surface area contributed by atoms with E-state index >= 15 is 0 Å². The van der Waals surface area contributed by atoms with Crippen molar-refractivity contribution in [1.82, 2.24) is 0 Å². The fourth-order valence-electron chi connectivity index (χ4n) is 2.17. The normalized spacial score (nSPS) is 14.9. The number of hydrogen-bond donors (Lipinski definition) is 1. The summed E-state index contributed by atoms with van der Waals surface area (Å²) in [4.78, 5) is 0. The van der Waals surface area contributed by atoms with Crippen molar-refractivity contribution in [2.24, 2.45) is 5.92 Å². The number of aliphatic hydroxyl groups excluding tert-OH is 1. The average Bonchev–Trinajstić information content (AvgIpc) is 2.19. The molecule has 0 aliphatic carbocycles. The molecule has 0 amide bonds. The van der Waals surface area contributed by atoms with Gasteiger partial charge in [0.25, 0.3) is 0 Å². The highest BCUT2D eigenvalue weighted by atomic mass is 16.3. The van der Waals surface area contributed by atoms with Crippen LogP contribution < -0.4 is 0 Å². The molecule has 1 N–H and O–H groups in total. The largest absolute Gasteiger partial charge is 0.396 e. The smallest absolute Gasteiger partial charge is 0.0502 e. The second-order valence-electron chi connectivity index (χ2n) is 4.47. The Labute approximate surface area is 93.1 Å². The van der Waals surface area contributed by atoms with Gasteiger partial charge in [0.2, 0.25) is 0 Å². The Bertz CT molecular complexity index is 293. The Morgan fingerprint density at radius 1 is 1.33 bits per heavy atom. The van der Waals surface area contributed by atoms with Gasteiger partial charge >= 0.3 is 0 Å². The fourth-order valence-corrected chi connectivity index (χ4v) is 2.17. The summed E-state index contributed by atoms with van der Waals surface area (Å²) in [5, 5.41) is 9.47. The predicted molar refractivity (Wildman–Crippen MR) is 65.1 cm³/mol. The van der Waals surface area contributed by atoms with E-state index in [9.17, 15) is 5.11 Å². The van der Waals surface area contributed by atoms with E-state index in [1.807, 2.05) is 0 Å². The monoisotopic (exact) mass is 206 g/mol. The molecule has 2 atom stereocenters. The molecule has 15 heavy (non-hydrogen) atoms. The van der Waals surface area contributed by atoms with Gasteiger partial charge in [0, 0.05) is 5.92 Å². The van der Waals surface area contributed by atoms with Gasteiger partial charge in [-0.2, -0.15) is 0 Å². The van der Waals surface area contributed by atoms with E-state index in [1.165, 1.54) is 24.0 Å². The minimum Gasteiger partial charge on any atom is -0.396 e. The molecular weight excluding hydrogens is 184 g/mol. The van der Waals surface area contributed by atoms with Crippen molar-refractivity contribution in [3.8, 4) is 0 Å². The quantitative estimate of drug-likeness (QED) is 0.781. The highest BCUT2D eigenvalue weighted by Gasteiger charge is 2.17. The summed E-state index contributed by atoms with van der Waals surface area (Å²) in [5.41, 5.74) is 2.55. The molecule has 1 heteroatoms. The molecule has 0 saturated heterocycles. The topological polar surface area (TPSA) is 20.2 Å². The van der Waals surface area contributed by atoms with E-state index in [1.54, 1.807) is 0 Å². The minimum atomic E-state index is 0.255. The lowest BCUT2D eigenvalue weighted by Crippen LogP contribution is -2.14. The van der Waals surface area contributed by atoms with Crippen LogP contribution in [0.25, 0.3) is 0 Å². The van der Waals surface area contributed by atoms with Crippen molar-refractivity contribution in [2.45, 2.75) is 39.5 Å². The molecular formula is C14H22O.